The van der Waals surface area contributed by atoms with E-state index in [0.717, 1.165) is 11.4 Å². The number of aliphatic hydroxyl groups is 1. The fraction of sp³-hybridized carbons (Fsp3) is 0.625. The fourth-order valence-electron chi connectivity index (χ4n) is 2.06. The fourth-order valence-corrected chi connectivity index (χ4v) is 2.06. The summed E-state index contributed by atoms with van der Waals surface area (Å²) in [4.78, 5) is 18.4. The van der Waals surface area contributed by atoms with Crippen LogP contribution in [-0.2, 0) is 6.54 Å². The number of hydrogen-bond acceptors (Lipinski definition) is 3. The second-order valence-electron chi connectivity index (χ2n) is 6.49. The lowest BCUT2D eigenvalue weighted by Crippen LogP contribution is -2.44. The van der Waals surface area contributed by atoms with E-state index in [1.165, 1.54) is 0 Å². The molecule has 0 unspecified atom stereocenters. The van der Waals surface area contributed by atoms with Crippen molar-refractivity contribution < 1.29 is 9.90 Å². The lowest BCUT2D eigenvalue weighted by atomic mass is 9.96. The molecule has 1 aromatic heterocycles. The third-order valence-electron chi connectivity index (χ3n) is 2.91. The van der Waals surface area contributed by atoms with Gasteiger partial charge in [0.1, 0.15) is 0 Å². The molecule has 0 saturated heterocycles. The van der Waals surface area contributed by atoms with Crippen LogP contribution in [0, 0.1) is 12.3 Å². The predicted octanol–water partition coefficient (Wildman–Crippen LogP) is 2.33. The highest BCUT2D eigenvalue weighted by molar-refractivity contribution is 5.74. The van der Waals surface area contributed by atoms with Crippen molar-refractivity contribution in [3.8, 4) is 0 Å². The Morgan fingerprint density at radius 1 is 1.38 bits per heavy atom. The zero-order valence-corrected chi connectivity index (χ0v) is 13.5. The SMILES string of the molecule is Cc1cccc(CNC(=O)N(CCCO)CC(C)(C)C)n1. The lowest BCUT2D eigenvalue weighted by Gasteiger charge is -2.30. The van der Waals surface area contributed by atoms with Crippen LogP contribution in [-0.4, -0.2) is 40.7 Å². The van der Waals surface area contributed by atoms with E-state index in [9.17, 15) is 4.79 Å². The summed E-state index contributed by atoms with van der Waals surface area (Å²) in [5.41, 5.74) is 1.81. The number of pyridine rings is 1. The maximum Gasteiger partial charge on any atom is 0.317 e. The van der Waals surface area contributed by atoms with Crippen LogP contribution in [0.5, 0.6) is 0 Å². The van der Waals surface area contributed by atoms with Crippen LogP contribution < -0.4 is 5.32 Å². The van der Waals surface area contributed by atoms with E-state index in [-0.39, 0.29) is 18.1 Å². The summed E-state index contributed by atoms with van der Waals surface area (Å²) in [6.07, 6.45) is 0.589. The van der Waals surface area contributed by atoms with Gasteiger partial charge in [-0.1, -0.05) is 26.8 Å². The third-order valence-corrected chi connectivity index (χ3v) is 2.91. The van der Waals surface area contributed by atoms with Crippen LogP contribution in [0.2, 0.25) is 0 Å². The molecule has 118 valence electrons. The Hall–Kier alpha value is -1.62. The number of aromatic nitrogens is 1. The Kier molecular flexibility index (Phi) is 6.62. The number of hydrogen-bond donors (Lipinski definition) is 2. The number of rotatable bonds is 6. The van der Waals surface area contributed by atoms with Gasteiger partial charge in [-0.3, -0.25) is 4.98 Å². The number of nitrogens with one attached hydrogen (secondary N) is 1. The molecule has 0 aromatic carbocycles. The molecule has 0 fully saturated rings. The standard InChI is InChI=1S/C16H27N3O2/c1-13-7-5-8-14(18-13)11-17-15(21)19(9-6-10-20)12-16(2,3)4/h5,7-8,20H,6,9-12H2,1-4H3,(H,17,21). The van der Waals surface area contributed by atoms with Crippen molar-refractivity contribution in [1.82, 2.24) is 15.2 Å². The molecule has 0 aliphatic heterocycles. The Bertz CT molecular complexity index is 455. The number of amides is 2. The topological polar surface area (TPSA) is 65.5 Å². The molecule has 0 bridgehead atoms. The summed E-state index contributed by atoms with van der Waals surface area (Å²) in [5, 5.41) is 11.9. The van der Waals surface area contributed by atoms with Crippen molar-refractivity contribution in [2.45, 2.75) is 40.7 Å². The first-order valence-electron chi connectivity index (χ1n) is 7.38. The van der Waals surface area contributed by atoms with Crippen molar-refractivity contribution in [3.63, 3.8) is 0 Å². The molecule has 21 heavy (non-hydrogen) atoms. The largest absolute Gasteiger partial charge is 0.396 e. The average Bonchev–Trinajstić information content (AvgIpc) is 2.39. The number of carbonyl (C=O) groups excluding carboxylic acids is 1. The van der Waals surface area contributed by atoms with Crippen LogP contribution >= 0.6 is 0 Å². The van der Waals surface area contributed by atoms with E-state index in [1.54, 1.807) is 4.90 Å². The molecule has 1 aromatic rings. The molecule has 0 radical (unpaired) electrons. The molecule has 2 amide bonds. The molecule has 2 N–H and O–H groups in total. The van der Waals surface area contributed by atoms with Gasteiger partial charge in [0, 0.05) is 25.4 Å². The minimum absolute atomic E-state index is 0.0222. The average molecular weight is 293 g/mol. The van der Waals surface area contributed by atoms with Gasteiger partial charge in [-0.2, -0.15) is 0 Å². The van der Waals surface area contributed by atoms with Gasteiger partial charge in [-0.15, -0.1) is 0 Å². The van der Waals surface area contributed by atoms with Crippen molar-refractivity contribution in [2.75, 3.05) is 19.7 Å². The van der Waals surface area contributed by atoms with Crippen molar-refractivity contribution in [3.05, 3.63) is 29.6 Å². The Balaban J connectivity index is 2.59. The van der Waals surface area contributed by atoms with E-state index >= 15 is 0 Å². The van der Waals surface area contributed by atoms with Gasteiger partial charge in [0.15, 0.2) is 0 Å². The monoisotopic (exact) mass is 293 g/mol. The molecular formula is C16H27N3O2. The molecule has 1 heterocycles. The number of carbonyl (C=O) groups is 1. The van der Waals surface area contributed by atoms with Gasteiger partial charge < -0.3 is 15.3 Å². The van der Waals surface area contributed by atoms with Crippen LogP contribution in [0.25, 0.3) is 0 Å². The number of aliphatic hydroxyl groups excluding tert-OH is 1. The van der Waals surface area contributed by atoms with Gasteiger partial charge in [0.05, 0.1) is 12.2 Å². The summed E-state index contributed by atoms with van der Waals surface area (Å²) < 4.78 is 0. The zero-order valence-electron chi connectivity index (χ0n) is 13.5. The van der Waals surface area contributed by atoms with Crippen molar-refractivity contribution >= 4 is 6.03 Å². The molecule has 0 aliphatic carbocycles. The van der Waals surface area contributed by atoms with Gasteiger partial charge in [0.25, 0.3) is 0 Å². The van der Waals surface area contributed by atoms with Gasteiger partial charge >= 0.3 is 6.03 Å². The number of urea groups is 1. The van der Waals surface area contributed by atoms with Gasteiger partial charge in [-0.05, 0) is 30.9 Å². The Labute approximate surface area is 127 Å². The summed E-state index contributed by atoms with van der Waals surface area (Å²) in [5.74, 6) is 0. The smallest absolute Gasteiger partial charge is 0.317 e. The predicted molar refractivity (Wildman–Crippen MR) is 83.9 cm³/mol. The minimum atomic E-state index is -0.110. The quantitative estimate of drug-likeness (QED) is 0.846. The summed E-state index contributed by atoms with van der Waals surface area (Å²) in [6.45, 7) is 9.92. The highest BCUT2D eigenvalue weighted by Crippen LogP contribution is 2.15. The normalized spacial score (nSPS) is 11.3. The van der Waals surface area contributed by atoms with E-state index in [2.05, 4.69) is 31.1 Å². The van der Waals surface area contributed by atoms with Gasteiger partial charge in [0.2, 0.25) is 0 Å². The minimum Gasteiger partial charge on any atom is -0.396 e. The maximum absolute atomic E-state index is 12.3. The Morgan fingerprint density at radius 3 is 2.67 bits per heavy atom. The highest BCUT2D eigenvalue weighted by atomic mass is 16.3. The lowest BCUT2D eigenvalue weighted by molar-refractivity contribution is 0.164. The number of nitrogens with zero attached hydrogens (tertiary/aromatic N) is 2. The molecule has 5 heteroatoms. The van der Waals surface area contributed by atoms with Crippen LogP contribution in [0.15, 0.2) is 18.2 Å². The van der Waals surface area contributed by atoms with Crippen LogP contribution in [0.3, 0.4) is 0 Å². The summed E-state index contributed by atoms with van der Waals surface area (Å²) in [6, 6.07) is 5.65. The molecule has 5 nitrogen and oxygen atoms in total. The first-order chi connectivity index (χ1) is 9.81. The third kappa shape index (κ3) is 7.09. The van der Waals surface area contributed by atoms with Crippen LogP contribution in [0.1, 0.15) is 38.6 Å². The highest BCUT2D eigenvalue weighted by Gasteiger charge is 2.20. The second kappa shape index (κ2) is 7.98. The van der Waals surface area contributed by atoms with E-state index in [1.807, 2.05) is 25.1 Å². The van der Waals surface area contributed by atoms with E-state index in [0.29, 0.717) is 26.1 Å². The van der Waals surface area contributed by atoms with Crippen LogP contribution in [0.4, 0.5) is 4.79 Å². The van der Waals surface area contributed by atoms with Gasteiger partial charge in [-0.25, -0.2) is 4.79 Å². The zero-order chi connectivity index (χ0) is 15.9. The molecule has 0 atom stereocenters. The molecule has 0 saturated carbocycles. The summed E-state index contributed by atoms with van der Waals surface area (Å²) >= 11 is 0. The molecule has 0 spiro atoms. The summed E-state index contributed by atoms with van der Waals surface area (Å²) in [7, 11) is 0. The molecule has 0 aliphatic rings. The Morgan fingerprint density at radius 2 is 2.10 bits per heavy atom. The maximum atomic E-state index is 12.3. The molecule has 1 rings (SSSR count). The van der Waals surface area contributed by atoms with Crippen molar-refractivity contribution in [2.24, 2.45) is 5.41 Å². The first kappa shape index (κ1) is 17.4. The first-order valence-corrected chi connectivity index (χ1v) is 7.38. The second-order valence-corrected chi connectivity index (χ2v) is 6.49. The van der Waals surface area contributed by atoms with E-state index < -0.39 is 0 Å². The van der Waals surface area contributed by atoms with Crippen molar-refractivity contribution in [1.29, 1.82) is 0 Å². The molecular weight excluding hydrogens is 266 g/mol. The number of aryl methyl sites for hydroxylation is 1. The van der Waals surface area contributed by atoms with E-state index in [4.69, 9.17) is 5.11 Å².